The zero-order chi connectivity index (χ0) is 26.0. The van der Waals surface area contributed by atoms with Gasteiger partial charge in [-0.05, 0) is 77.7 Å². The fraction of sp³-hybridized carbons (Fsp3) is 0.308. The van der Waals surface area contributed by atoms with Gasteiger partial charge >= 0.3 is 0 Å². The highest BCUT2D eigenvalue weighted by molar-refractivity contribution is 14.1. The Morgan fingerprint density at radius 2 is 2.00 bits per heavy atom. The van der Waals surface area contributed by atoms with Crippen LogP contribution in [-0.4, -0.2) is 33.9 Å². The Balaban J connectivity index is 1.56. The molecule has 6 N–H and O–H groups in total. The Hall–Kier alpha value is -2.70. The van der Waals surface area contributed by atoms with Gasteiger partial charge in [-0.15, -0.1) is 0 Å². The van der Waals surface area contributed by atoms with Gasteiger partial charge in [-0.25, -0.2) is 23.1 Å². The molecule has 0 unspecified atom stereocenters. The normalized spacial score (nSPS) is 20.7. The van der Waals surface area contributed by atoms with E-state index in [9.17, 15) is 13.9 Å². The van der Waals surface area contributed by atoms with Gasteiger partial charge in [0.1, 0.15) is 29.3 Å². The summed E-state index contributed by atoms with van der Waals surface area (Å²) >= 11 is 2.02. The van der Waals surface area contributed by atoms with Gasteiger partial charge in [0.05, 0.1) is 24.0 Å². The monoisotopic (exact) mass is 609 g/mol. The van der Waals surface area contributed by atoms with Crippen molar-refractivity contribution in [2.24, 2.45) is 5.73 Å². The predicted octanol–water partition coefficient (Wildman–Crippen LogP) is 4.84. The van der Waals surface area contributed by atoms with E-state index in [-0.39, 0.29) is 41.8 Å². The minimum absolute atomic E-state index is 0.124. The summed E-state index contributed by atoms with van der Waals surface area (Å²) < 4.78 is 43.8. The fourth-order valence-electron chi connectivity index (χ4n) is 4.44. The number of nitrogens with one attached hydrogen (secondary N) is 1. The molecular weight excluding hydrogens is 582 g/mol. The standard InChI is InChI=1S/C26H27F3IN5O/c1-13(34-22(11-31)16-6-17(27)10-18(30)7-16)19-4-2-15(9-20(19)28)25-26(32)33-12-23(35-25)14-3-5-24(36)21(29)8-14/h2,4,6-7,9-10,12,14,21-22,24,34,36H,1,3,5,8,11,31H2,(H2,32,33)/t14-,21-,22-,24-/m1/s1. The predicted molar refractivity (Wildman–Crippen MR) is 142 cm³/mol. The first-order valence-electron chi connectivity index (χ1n) is 11.5. The molecular formula is C26H27F3IN5O. The number of nitrogens with two attached hydrogens (primary N) is 2. The molecule has 0 saturated heterocycles. The van der Waals surface area contributed by atoms with Gasteiger partial charge in [-0.1, -0.05) is 12.6 Å². The first-order chi connectivity index (χ1) is 17.2. The van der Waals surface area contributed by atoms with Crippen LogP contribution >= 0.6 is 22.6 Å². The highest BCUT2D eigenvalue weighted by atomic mass is 127. The molecule has 1 saturated carbocycles. The summed E-state index contributed by atoms with van der Waals surface area (Å²) in [5.74, 6) is -1.03. The van der Waals surface area contributed by atoms with Gasteiger partial charge in [0, 0.05) is 32.9 Å². The zero-order valence-corrected chi connectivity index (χ0v) is 21.6. The molecule has 1 aromatic heterocycles. The first-order valence-corrected chi connectivity index (χ1v) is 12.6. The van der Waals surface area contributed by atoms with E-state index in [2.05, 4.69) is 21.9 Å². The van der Waals surface area contributed by atoms with Crippen molar-refractivity contribution in [3.05, 3.63) is 81.2 Å². The molecule has 0 aliphatic heterocycles. The molecule has 190 valence electrons. The molecule has 1 fully saturated rings. The molecule has 36 heavy (non-hydrogen) atoms. The maximum absolute atomic E-state index is 15.2. The lowest BCUT2D eigenvalue weighted by atomic mass is 9.84. The van der Waals surface area contributed by atoms with Crippen molar-refractivity contribution >= 4 is 34.1 Å². The summed E-state index contributed by atoms with van der Waals surface area (Å²) in [6, 6.07) is 8.61. The van der Waals surface area contributed by atoms with E-state index in [0.29, 0.717) is 35.4 Å². The largest absolute Gasteiger partial charge is 0.390 e. The van der Waals surface area contributed by atoms with Crippen molar-refractivity contribution in [2.75, 3.05) is 12.3 Å². The second-order valence-electron chi connectivity index (χ2n) is 8.93. The molecule has 10 heteroatoms. The quantitative estimate of drug-likeness (QED) is 0.286. The van der Waals surface area contributed by atoms with Crippen LogP contribution in [0.3, 0.4) is 0 Å². The van der Waals surface area contributed by atoms with Gasteiger partial charge in [0.15, 0.2) is 0 Å². The minimum Gasteiger partial charge on any atom is -0.390 e. The van der Waals surface area contributed by atoms with Crippen LogP contribution in [-0.2, 0) is 0 Å². The second kappa shape index (κ2) is 11.1. The van der Waals surface area contributed by atoms with Crippen LogP contribution in [0.1, 0.15) is 48.0 Å². The number of aliphatic hydroxyl groups is 1. The minimum atomic E-state index is -1.32. The zero-order valence-electron chi connectivity index (χ0n) is 19.4. The molecule has 1 heterocycles. The van der Waals surface area contributed by atoms with Crippen molar-refractivity contribution in [2.45, 2.75) is 43.5 Å². The summed E-state index contributed by atoms with van der Waals surface area (Å²) in [6.07, 6.45) is 0.273. The van der Waals surface area contributed by atoms with Gasteiger partial charge in [0.2, 0.25) is 0 Å². The average molecular weight is 609 g/mol. The van der Waals surface area contributed by atoms with E-state index >= 15 is 4.39 Å². The number of nitrogen functional groups attached to an aromatic ring is 1. The molecule has 1 aliphatic carbocycles. The molecule has 0 radical (unpaired) electrons. The van der Waals surface area contributed by atoms with Crippen LogP contribution in [0.4, 0.5) is 19.0 Å². The van der Waals surface area contributed by atoms with E-state index < -0.39 is 24.1 Å². The number of hydrogen-bond acceptors (Lipinski definition) is 6. The molecule has 2 aromatic carbocycles. The first kappa shape index (κ1) is 26.4. The van der Waals surface area contributed by atoms with Gasteiger partial charge in [-0.3, -0.25) is 0 Å². The van der Waals surface area contributed by atoms with Crippen molar-refractivity contribution < 1.29 is 18.3 Å². The van der Waals surface area contributed by atoms with Crippen LogP contribution in [0.2, 0.25) is 0 Å². The number of hydrogen-bond donors (Lipinski definition) is 4. The third-order valence-corrected chi connectivity index (χ3v) is 7.04. The number of benzene rings is 2. The smallest absolute Gasteiger partial charge is 0.150 e. The third kappa shape index (κ3) is 5.81. The Morgan fingerprint density at radius 1 is 1.22 bits per heavy atom. The Bertz CT molecular complexity index is 1250. The lowest BCUT2D eigenvalue weighted by Crippen LogP contribution is -2.30. The number of nitrogens with zero attached hydrogens (tertiary/aromatic N) is 2. The SMILES string of the molecule is C=C(N[C@H](CN)c1cc(F)cc(I)c1)c1ccc(-c2nc([C@@H]3CC[C@@H](O)[C@H](F)C3)cnc2N)cc1F. The molecule has 1 aliphatic rings. The summed E-state index contributed by atoms with van der Waals surface area (Å²) in [6.45, 7) is 4.09. The van der Waals surface area contributed by atoms with Crippen molar-refractivity contribution in [3.63, 3.8) is 0 Å². The van der Waals surface area contributed by atoms with Gasteiger partial charge in [-0.2, -0.15) is 0 Å². The molecule has 4 atom stereocenters. The summed E-state index contributed by atoms with van der Waals surface area (Å²) in [7, 11) is 0. The average Bonchev–Trinajstić information content (AvgIpc) is 2.83. The number of halogens is 4. The Morgan fingerprint density at radius 3 is 2.67 bits per heavy atom. The lowest BCUT2D eigenvalue weighted by molar-refractivity contribution is 0.0363. The van der Waals surface area contributed by atoms with Crippen LogP contribution in [0.15, 0.2) is 49.2 Å². The number of alkyl halides is 1. The third-order valence-electron chi connectivity index (χ3n) is 6.41. The van der Waals surface area contributed by atoms with E-state index in [1.807, 2.05) is 22.6 Å². The maximum atomic E-state index is 15.2. The highest BCUT2D eigenvalue weighted by Crippen LogP contribution is 2.35. The molecule has 0 amide bonds. The molecule has 0 bridgehead atoms. The number of aliphatic hydroxyl groups excluding tert-OH is 1. The van der Waals surface area contributed by atoms with Crippen LogP contribution in [0.5, 0.6) is 0 Å². The molecule has 4 rings (SSSR count). The van der Waals surface area contributed by atoms with Gasteiger partial charge in [0.25, 0.3) is 0 Å². The summed E-state index contributed by atoms with van der Waals surface area (Å²) in [5.41, 5.74) is 14.3. The number of aromatic nitrogens is 2. The van der Waals surface area contributed by atoms with Crippen LogP contribution in [0, 0.1) is 15.2 Å². The van der Waals surface area contributed by atoms with Crippen LogP contribution < -0.4 is 16.8 Å². The van der Waals surface area contributed by atoms with E-state index in [0.717, 1.165) is 3.57 Å². The Kier molecular flexibility index (Phi) is 8.16. The van der Waals surface area contributed by atoms with Crippen molar-refractivity contribution in [1.29, 1.82) is 0 Å². The van der Waals surface area contributed by atoms with Gasteiger partial charge < -0.3 is 21.9 Å². The molecule has 6 nitrogen and oxygen atoms in total. The second-order valence-corrected chi connectivity index (χ2v) is 10.2. The van der Waals surface area contributed by atoms with Crippen LogP contribution in [0.25, 0.3) is 17.0 Å². The maximum Gasteiger partial charge on any atom is 0.150 e. The van der Waals surface area contributed by atoms with E-state index in [4.69, 9.17) is 11.5 Å². The Labute approximate surface area is 221 Å². The highest BCUT2D eigenvalue weighted by Gasteiger charge is 2.31. The molecule has 0 spiro atoms. The van der Waals surface area contributed by atoms with Crippen molar-refractivity contribution in [1.82, 2.24) is 15.3 Å². The molecule has 3 aromatic rings. The lowest BCUT2D eigenvalue weighted by Gasteiger charge is -2.28. The topological polar surface area (TPSA) is 110 Å². The number of anilines is 1. The number of rotatable bonds is 7. The van der Waals surface area contributed by atoms with E-state index in [1.54, 1.807) is 18.2 Å². The summed E-state index contributed by atoms with van der Waals surface area (Å²) in [5, 5.41) is 12.8. The fourth-order valence-corrected chi connectivity index (χ4v) is 5.10. The van der Waals surface area contributed by atoms with Crippen molar-refractivity contribution in [3.8, 4) is 11.3 Å². The summed E-state index contributed by atoms with van der Waals surface area (Å²) in [4.78, 5) is 8.76. The van der Waals surface area contributed by atoms with E-state index in [1.165, 1.54) is 24.4 Å².